The van der Waals surface area contributed by atoms with Crippen LogP contribution in [0.25, 0.3) is 0 Å². The first-order valence-electron chi connectivity index (χ1n) is 6.90. The molecule has 1 aromatic carbocycles. The Labute approximate surface area is 124 Å². The largest absolute Gasteiger partial charge is 0.385 e. The van der Waals surface area contributed by atoms with Crippen LogP contribution in [0.1, 0.15) is 20.3 Å². The fourth-order valence-electron chi connectivity index (χ4n) is 2.03. The number of nitrogens with two attached hydrogens (primary N) is 2. The monoisotopic (exact) mass is 290 g/mol. The second kappa shape index (κ2) is 6.45. The van der Waals surface area contributed by atoms with Crippen molar-refractivity contribution in [1.29, 1.82) is 0 Å². The molecule has 1 aliphatic heterocycles. The number of hydrogen-bond donors (Lipinski definition) is 3. The van der Waals surface area contributed by atoms with Gasteiger partial charge in [-0.25, -0.2) is 4.99 Å². The number of anilines is 1. The molecular weight excluding hydrogens is 268 g/mol. The van der Waals surface area contributed by atoms with Crippen molar-refractivity contribution in [1.82, 2.24) is 5.06 Å². The number of hydrogen-bond acceptors (Lipinski definition) is 7. The summed E-state index contributed by atoms with van der Waals surface area (Å²) in [5.41, 5.74) is 11.9. The molecule has 0 fully saturated rings. The minimum absolute atomic E-state index is 0.170. The lowest BCUT2D eigenvalue weighted by molar-refractivity contribution is -0.156. The predicted molar refractivity (Wildman–Crippen MR) is 84.7 cm³/mol. The second-order valence-corrected chi connectivity index (χ2v) is 5.21. The third-order valence-corrected chi connectivity index (χ3v) is 2.97. The number of aliphatic imine (C=N–C) groups is 2. The first kappa shape index (κ1) is 15.1. The smallest absolute Gasteiger partial charge is 0.226 e. The van der Waals surface area contributed by atoms with E-state index >= 15 is 0 Å². The number of hydroxylamine groups is 2. The Hall–Kier alpha value is -2.28. The summed E-state index contributed by atoms with van der Waals surface area (Å²) in [4.78, 5) is 13.8. The van der Waals surface area contributed by atoms with Crippen molar-refractivity contribution in [3.63, 3.8) is 0 Å². The van der Waals surface area contributed by atoms with Crippen LogP contribution in [0.4, 0.5) is 5.69 Å². The van der Waals surface area contributed by atoms with Crippen LogP contribution >= 0.6 is 0 Å². The zero-order valence-electron chi connectivity index (χ0n) is 12.4. The van der Waals surface area contributed by atoms with E-state index in [-0.39, 0.29) is 11.9 Å². The van der Waals surface area contributed by atoms with Gasteiger partial charge in [0, 0.05) is 12.2 Å². The van der Waals surface area contributed by atoms with Gasteiger partial charge in [0.15, 0.2) is 5.66 Å². The average molecular weight is 290 g/mol. The molecular formula is C14H22N6O. The molecule has 0 atom stereocenters. The van der Waals surface area contributed by atoms with Crippen molar-refractivity contribution in [2.45, 2.75) is 25.9 Å². The Kier molecular flexibility index (Phi) is 4.64. The summed E-state index contributed by atoms with van der Waals surface area (Å²) < 4.78 is 0. The molecule has 1 heterocycles. The van der Waals surface area contributed by atoms with Gasteiger partial charge in [0.25, 0.3) is 0 Å². The zero-order chi connectivity index (χ0) is 15.3. The molecule has 0 amide bonds. The molecule has 0 bridgehead atoms. The molecule has 0 unspecified atom stereocenters. The van der Waals surface area contributed by atoms with Crippen molar-refractivity contribution in [2.75, 3.05) is 18.5 Å². The molecule has 0 aromatic heterocycles. The van der Waals surface area contributed by atoms with Crippen molar-refractivity contribution in [2.24, 2.45) is 21.5 Å². The highest BCUT2D eigenvalue weighted by Gasteiger charge is 2.32. The Bertz CT molecular complexity index is 526. The Morgan fingerprint density at radius 2 is 1.95 bits per heavy atom. The zero-order valence-corrected chi connectivity index (χ0v) is 12.4. The van der Waals surface area contributed by atoms with Crippen LogP contribution in [0.2, 0.25) is 0 Å². The SMILES string of the molecule is CC1(C)N=C(N)N=C(N)N1OCCCNc1ccccc1. The van der Waals surface area contributed by atoms with Gasteiger partial charge in [-0.2, -0.15) is 10.1 Å². The van der Waals surface area contributed by atoms with E-state index in [9.17, 15) is 0 Å². The van der Waals surface area contributed by atoms with E-state index in [0.29, 0.717) is 6.61 Å². The lowest BCUT2D eigenvalue weighted by atomic mass is 10.2. The molecule has 21 heavy (non-hydrogen) atoms. The Balaban J connectivity index is 1.75. The molecule has 0 saturated carbocycles. The van der Waals surface area contributed by atoms with E-state index in [2.05, 4.69) is 15.3 Å². The Morgan fingerprint density at radius 3 is 2.62 bits per heavy atom. The molecule has 0 radical (unpaired) electrons. The third-order valence-electron chi connectivity index (χ3n) is 2.97. The van der Waals surface area contributed by atoms with Gasteiger partial charge in [-0.05, 0) is 32.4 Å². The summed E-state index contributed by atoms with van der Waals surface area (Å²) in [7, 11) is 0. The molecule has 0 saturated heterocycles. The van der Waals surface area contributed by atoms with E-state index in [1.807, 2.05) is 44.2 Å². The number of benzene rings is 1. The van der Waals surface area contributed by atoms with Gasteiger partial charge in [0.05, 0.1) is 6.61 Å². The van der Waals surface area contributed by atoms with Crippen LogP contribution in [-0.2, 0) is 4.84 Å². The average Bonchev–Trinajstić information content (AvgIpc) is 2.41. The maximum atomic E-state index is 5.83. The number of para-hydroxylation sites is 1. The van der Waals surface area contributed by atoms with Crippen LogP contribution in [0, 0.1) is 0 Å². The summed E-state index contributed by atoms with van der Waals surface area (Å²) >= 11 is 0. The number of rotatable bonds is 6. The highest BCUT2D eigenvalue weighted by Crippen LogP contribution is 2.19. The fraction of sp³-hybridized carbons (Fsp3) is 0.429. The van der Waals surface area contributed by atoms with Gasteiger partial charge in [-0.1, -0.05) is 18.2 Å². The molecule has 1 aliphatic rings. The minimum Gasteiger partial charge on any atom is -0.385 e. The summed E-state index contributed by atoms with van der Waals surface area (Å²) in [5, 5.41) is 4.81. The maximum Gasteiger partial charge on any atom is 0.226 e. The second-order valence-electron chi connectivity index (χ2n) is 5.21. The minimum atomic E-state index is -0.650. The molecule has 5 N–H and O–H groups in total. The molecule has 7 heteroatoms. The van der Waals surface area contributed by atoms with E-state index in [4.69, 9.17) is 16.3 Å². The normalized spacial score (nSPS) is 17.1. The molecule has 0 spiro atoms. The third kappa shape index (κ3) is 4.09. The van der Waals surface area contributed by atoms with Crippen molar-refractivity contribution < 1.29 is 4.84 Å². The van der Waals surface area contributed by atoms with Crippen molar-refractivity contribution in [3.8, 4) is 0 Å². The van der Waals surface area contributed by atoms with E-state index < -0.39 is 5.66 Å². The van der Waals surface area contributed by atoms with Crippen molar-refractivity contribution in [3.05, 3.63) is 30.3 Å². The number of nitrogens with one attached hydrogen (secondary N) is 1. The van der Waals surface area contributed by atoms with Gasteiger partial charge in [-0.15, -0.1) is 0 Å². The molecule has 2 rings (SSSR count). The molecule has 114 valence electrons. The quantitative estimate of drug-likeness (QED) is 0.681. The summed E-state index contributed by atoms with van der Waals surface area (Å²) in [6.45, 7) is 5.04. The van der Waals surface area contributed by atoms with Crippen molar-refractivity contribution >= 4 is 17.6 Å². The van der Waals surface area contributed by atoms with Crippen LogP contribution < -0.4 is 16.8 Å². The predicted octanol–water partition coefficient (Wildman–Crippen LogP) is 1.10. The number of nitrogens with zero attached hydrogens (tertiary/aromatic N) is 3. The number of guanidine groups is 2. The van der Waals surface area contributed by atoms with E-state index in [1.165, 1.54) is 5.06 Å². The highest BCUT2D eigenvalue weighted by atomic mass is 16.7. The maximum absolute atomic E-state index is 5.83. The first-order chi connectivity index (χ1) is 9.99. The summed E-state index contributed by atoms with van der Waals surface area (Å²) in [6.07, 6.45) is 0.827. The summed E-state index contributed by atoms with van der Waals surface area (Å²) in [6, 6.07) is 10.0. The van der Waals surface area contributed by atoms with Gasteiger partial charge in [0.2, 0.25) is 11.9 Å². The topological polar surface area (TPSA) is 101 Å². The lowest BCUT2D eigenvalue weighted by Crippen LogP contribution is -2.53. The van der Waals surface area contributed by atoms with E-state index in [1.54, 1.807) is 0 Å². The standard InChI is InChI=1S/C14H22N6O/c1-14(2)19-12(15)18-13(16)20(14)21-10-6-9-17-11-7-4-3-5-8-11/h3-5,7-8,17H,6,9-10H2,1-2H3,(H4,15,16,18,19). The van der Waals surface area contributed by atoms with Crippen LogP contribution in [0.5, 0.6) is 0 Å². The summed E-state index contributed by atoms with van der Waals surface area (Å²) in [5.74, 6) is 0.395. The van der Waals surface area contributed by atoms with Gasteiger partial charge in [0.1, 0.15) is 0 Å². The lowest BCUT2D eigenvalue weighted by Gasteiger charge is -2.36. The molecule has 1 aromatic rings. The molecule has 0 aliphatic carbocycles. The Morgan fingerprint density at radius 1 is 1.24 bits per heavy atom. The van der Waals surface area contributed by atoms with E-state index in [0.717, 1.165) is 18.7 Å². The van der Waals surface area contributed by atoms with Crippen LogP contribution in [-0.4, -0.2) is 35.8 Å². The van der Waals surface area contributed by atoms with Crippen LogP contribution in [0.15, 0.2) is 40.3 Å². The van der Waals surface area contributed by atoms with Gasteiger partial charge in [-0.3, -0.25) is 4.84 Å². The van der Waals surface area contributed by atoms with Gasteiger partial charge >= 0.3 is 0 Å². The van der Waals surface area contributed by atoms with Gasteiger partial charge < -0.3 is 16.8 Å². The molecule has 7 nitrogen and oxygen atoms in total. The fourth-order valence-corrected chi connectivity index (χ4v) is 2.03. The van der Waals surface area contributed by atoms with Crippen LogP contribution in [0.3, 0.4) is 0 Å². The highest BCUT2D eigenvalue weighted by molar-refractivity contribution is 5.95. The first-order valence-corrected chi connectivity index (χ1v) is 6.90.